The number of halogens is 1. The molecule has 16 heavy (non-hydrogen) atoms. The third kappa shape index (κ3) is 3.33. The van der Waals surface area contributed by atoms with Gasteiger partial charge in [0, 0.05) is 19.0 Å². The maximum absolute atomic E-state index is 12.7. The van der Waals surface area contributed by atoms with Gasteiger partial charge in [0.2, 0.25) is 0 Å². The van der Waals surface area contributed by atoms with Crippen molar-refractivity contribution in [2.75, 3.05) is 19.8 Å². The van der Waals surface area contributed by atoms with Gasteiger partial charge in [-0.2, -0.15) is 0 Å². The van der Waals surface area contributed by atoms with Crippen molar-refractivity contribution in [3.8, 4) is 0 Å². The number of amides is 1. The van der Waals surface area contributed by atoms with Crippen molar-refractivity contribution in [2.24, 2.45) is 5.92 Å². The Kier molecular flexibility index (Phi) is 3.78. The van der Waals surface area contributed by atoms with Crippen molar-refractivity contribution < 1.29 is 13.9 Å². The summed E-state index contributed by atoms with van der Waals surface area (Å²) in [6, 6.07) is 0. The molecule has 1 fully saturated rings. The van der Waals surface area contributed by atoms with E-state index in [-0.39, 0.29) is 5.92 Å². The van der Waals surface area contributed by atoms with Gasteiger partial charge in [0.1, 0.15) is 5.60 Å². The fourth-order valence-corrected chi connectivity index (χ4v) is 1.78. The predicted octanol–water partition coefficient (Wildman–Crippen LogP) is 1.46. The maximum Gasteiger partial charge on any atom is 0.408 e. The molecule has 0 spiro atoms. The Morgan fingerprint density at radius 3 is 2.75 bits per heavy atom. The summed E-state index contributed by atoms with van der Waals surface area (Å²) in [7, 11) is 0. The van der Waals surface area contributed by atoms with Crippen LogP contribution in [0.1, 0.15) is 27.7 Å². The summed E-state index contributed by atoms with van der Waals surface area (Å²) < 4.78 is 17.9. The molecule has 0 aromatic carbocycles. The second kappa shape index (κ2) is 4.57. The van der Waals surface area contributed by atoms with Crippen LogP contribution in [0.3, 0.4) is 0 Å². The molecule has 0 saturated carbocycles. The van der Waals surface area contributed by atoms with E-state index in [0.29, 0.717) is 13.1 Å². The van der Waals surface area contributed by atoms with Gasteiger partial charge in [-0.1, -0.05) is 0 Å². The smallest absolute Gasteiger partial charge is 0.408 e. The molecule has 0 radical (unpaired) electrons. The quantitative estimate of drug-likeness (QED) is 0.758. The number of hydrogen-bond donors (Lipinski definition) is 2. The summed E-state index contributed by atoms with van der Waals surface area (Å²) in [6.07, 6.45) is -0.489. The molecule has 0 bridgehead atoms. The number of rotatable bonds is 2. The number of nitrogens with one attached hydrogen (secondary N) is 2. The Hall–Kier alpha value is -0.840. The van der Waals surface area contributed by atoms with Crippen molar-refractivity contribution in [3.05, 3.63) is 0 Å². The summed E-state index contributed by atoms with van der Waals surface area (Å²) in [5.41, 5.74) is -1.09. The summed E-state index contributed by atoms with van der Waals surface area (Å²) in [4.78, 5) is 11.6. The Labute approximate surface area is 95.9 Å². The molecule has 0 aliphatic carbocycles. The Bertz CT molecular complexity index is 265. The Balaban J connectivity index is 2.55. The second-order valence-corrected chi connectivity index (χ2v) is 5.53. The van der Waals surface area contributed by atoms with Crippen LogP contribution in [0, 0.1) is 5.92 Å². The largest absolute Gasteiger partial charge is 0.444 e. The summed E-state index contributed by atoms with van der Waals surface area (Å²) in [5.74, 6) is -0.194. The number of hydrogen-bond acceptors (Lipinski definition) is 3. The average molecular weight is 232 g/mol. The van der Waals surface area contributed by atoms with E-state index in [0.717, 1.165) is 0 Å². The van der Waals surface area contributed by atoms with Gasteiger partial charge in [0.15, 0.2) is 0 Å². The normalized spacial score (nSPS) is 30.2. The number of ether oxygens (including phenoxy) is 1. The van der Waals surface area contributed by atoms with Crippen LogP contribution in [0.25, 0.3) is 0 Å². The van der Waals surface area contributed by atoms with E-state index >= 15 is 0 Å². The van der Waals surface area contributed by atoms with Crippen LogP contribution in [0.15, 0.2) is 0 Å². The average Bonchev–Trinajstić information content (AvgIpc) is 2.42. The molecule has 1 amide bonds. The lowest BCUT2D eigenvalue weighted by molar-refractivity contribution is 0.0442. The second-order valence-electron chi connectivity index (χ2n) is 5.53. The highest BCUT2D eigenvalue weighted by Crippen LogP contribution is 2.22. The number of alkyl carbamates (subject to hydrolysis) is 1. The molecule has 1 aliphatic rings. The monoisotopic (exact) mass is 232 g/mol. The minimum absolute atomic E-state index is 0.194. The highest BCUT2D eigenvalue weighted by molar-refractivity contribution is 5.69. The Morgan fingerprint density at radius 1 is 1.62 bits per heavy atom. The van der Waals surface area contributed by atoms with Gasteiger partial charge in [-0.3, -0.25) is 4.39 Å². The van der Waals surface area contributed by atoms with E-state index in [1.165, 1.54) is 0 Å². The van der Waals surface area contributed by atoms with Crippen LogP contribution in [-0.4, -0.2) is 37.0 Å². The third-order valence-electron chi connectivity index (χ3n) is 2.76. The SMILES string of the molecule is CC(C)(C)OC(=O)N[C@@]1(C)CNC[C@@H]1CF. The molecule has 0 aromatic rings. The van der Waals surface area contributed by atoms with E-state index in [4.69, 9.17) is 4.74 Å². The first-order valence-electron chi connectivity index (χ1n) is 5.55. The molecule has 1 aliphatic heterocycles. The zero-order valence-corrected chi connectivity index (χ0v) is 10.4. The van der Waals surface area contributed by atoms with Crippen molar-refractivity contribution in [1.82, 2.24) is 10.6 Å². The summed E-state index contributed by atoms with van der Waals surface area (Å²) in [5, 5.41) is 5.82. The molecule has 1 saturated heterocycles. The molecule has 1 rings (SSSR count). The van der Waals surface area contributed by atoms with Gasteiger partial charge in [0.25, 0.3) is 0 Å². The first-order chi connectivity index (χ1) is 7.27. The minimum atomic E-state index is -0.558. The van der Waals surface area contributed by atoms with Gasteiger partial charge in [-0.25, -0.2) is 4.79 Å². The minimum Gasteiger partial charge on any atom is -0.444 e. The van der Waals surface area contributed by atoms with E-state index in [2.05, 4.69) is 10.6 Å². The summed E-state index contributed by atoms with van der Waals surface area (Å²) in [6.45, 7) is 7.95. The van der Waals surface area contributed by atoms with Gasteiger partial charge in [0.05, 0.1) is 12.2 Å². The van der Waals surface area contributed by atoms with Gasteiger partial charge < -0.3 is 15.4 Å². The number of carbonyl (C=O) groups is 1. The van der Waals surface area contributed by atoms with E-state index in [1.54, 1.807) is 20.8 Å². The van der Waals surface area contributed by atoms with Crippen molar-refractivity contribution in [3.63, 3.8) is 0 Å². The van der Waals surface area contributed by atoms with Gasteiger partial charge in [-0.05, 0) is 27.7 Å². The molecule has 0 unspecified atom stereocenters. The van der Waals surface area contributed by atoms with E-state index in [9.17, 15) is 9.18 Å². The van der Waals surface area contributed by atoms with Crippen LogP contribution in [0.5, 0.6) is 0 Å². The van der Waals surface area contributed by atoms with Crippen LogP contribution >= 0.6 is 0 Å². The molecule has 2 atom stereocenters. The standard InChI is InChI=1S/C11H21FN2O2/c1-10(2,3)16-9(15)14-11(4)7-13-6-8(11)5-12/h8,13H,5-7H2,1-4H3,(H,14,15)/t8-,11-/m0/s1. The molecule has 1 heterocycles. The third-order valence-corrected chi connectivity index (χ3v) is 2.76. The first-order valence-corrected chi connectivity index (χ1v) is 5.55. The van der Waals surface area contributed by atoms with Crippen LogP contribution in [0.2, 0.25) is 0 Å². The highest BCUT2D eigenvalue weighted by atomic mass is 19.1. The molecular formula is C11H21FN2O2. The van der Waals surface area contributed by atoms with Crippen LogP contribution in [0.4, 0.5) is 9.18 Å². The van der Waals surface area contributed by atoms with Crippen LogP contribution < -0.4 is 10.6 Å². The van der Waals surface area contributed by atoms with E-state index < -0.39 is 23.9 Å². The van der Waals surface area contributed by atoms with Gasteiger partial charge in [-0.15, -0.1) is 0 Å². The molecule has 0 aromatic heterocycles. The molecular weight excluding hydrogens is 211 g/mol. The molecule has 4 nitrogen and oxygen atoms in total. The highest BCUT2D eigenvalue weighted by Gasteiger charge is 2.40. The molecule has 2 N–H and O–H groups in total. The van der Waals surface area contributed by atoms with E-state index in [1.807, 2.05) is 6.92 Å². The first kappa shape index (κ1) is 13.2. The Morgan fingerprint density at radius 2 is 2.25 bits per heavy atom. The summed E-state index contributed by atoms with van der Waals surface area (Å²) >= 11 is 0. The topological polar surface area (TPSA) is 50.4 Å². The maximum atomic E-state index is 12.7. The van der Waals surface area contributed by atoms with Crippen molar-refractivity contribution in [2.45, 2.75) is 38.8 Å². The fraction of sp³-hybridized carbons (Fsp3) is 0.909. The molecule has 5 heteroatoms. The van der Waals surface area contributed by atoms with Crippen molar-refractivity contribution >= 4 is 6.09 Å². The lowest BCUT2D eigenvalue weighted by atomic mass is 9.90. The zero-order chi connectivity index (χ0) is 12.4. The van der Waals surface area contributed by atoms with Gasteiger partial charge >= 0.3 is 6.09 Å². The number of alkyl halides is 1. The number of carbonyl (C=O) groups excluding carboxylic acids is 1. The predicted molar refractivity (Wildman–Crippen MR) is 60.1 cm³/mol. The molecule has 94 valence electrons. The lowest BCUT2D eigenvalue weighted by Gasteiger charge is -2.31. The zero-order valence-electron chi connectivity index (χ0n) is 10.4. The van der Waals surface area contributed by atoms with Crippen LogP contribution in [-0.2, 0) is 4.74 Å². The fourth-order valence-electron chi connectivity index (χ4n) is 1.78. The lowest BCUT2D eigenvalue weighted by Crippen LogP contribution is -2.53. The van der Waals surface area contributed by atoms with Crippen molar-refractivity contribution in [1.29, 1.82) is 0 Å².